The molecule has 24 heavy (non-hydrogen) atoms. The predicted molar refractivity (Wildman–Crippen MR) is 94.5 cm³/mol. The molecule has 2 rings (SSSR count). The molecule has 0 aliphatic carbocycles. The van der Waals surface area contributed by atoms with E-state index < -0.39 is 10.0 Å². The first-order chi connectivity index (χ1) is 11.5. The van der Waals surface area contributed by atoms with Gasteiger partial charge in [-0.05, 0) is 31.9 Å². The van der Waals surface area contributed by atoms with Crippen LogP contribution in [-0.4, -0.2) is 44.1 Å². The van der Waals surface area contributed by atoms with Crippen molar-refractivity contribution in [1.29, 1.82) is 0 Å². The number of carbonyl (C=O) groups excluding carboxylic acids is 1. The molecule has 1 amide bonds. The van der Waals surface area contributed by atoms with E-state index in [9.17, 15) is 13.2 Å². The number of sulfonamides is 1. The van der Waals surface area contributed by atoms with Gasteiger partial charge in [0.15, 0.2) is 0 Å². The van der Waals surface area contributed by atoms with Gasteiger partial charge in [-0.2, -0.15) is 0 Å². The zero-order valence-corrected chi connectivity index (χ0v) is 14.7. The van der Waals surface area contributed by atoms with Crippen LogP contribution in [0.2, 0.25) is 0 Å². The average molecular weight is 352 g/mol. The number of ether oxygens (including phenoxy) is 1. The number of hydrogen-bond donors (Lipinski definition) is 1. The monoisotopic (exact) mass is 352 g/mol. The summed E-state index contributed by atoms with van der Waals surface area (Å²) < 4.78 is 30.9. The molecule has 0 spiro atoms. The molecule has 1 heterocycles. The molecule has 0 aromatic heterocycles. The van der Waals surface area contributed by atoms with Crippen LogP contribution in [0.4, 0.5) is 5.69 Å². The van der Waals surface area contributed by atoms with E-state index in [1.165, 1.54) is 4.31 Å². The van der Waals surface area contributed by atoms with Crippen LogP contribution < -0.4 is 10.1 Å². The zero-order chi connectivity index (χ0) is 17.6. The quantitative estimate of drug-likeness (QED) is 0.764. The summed E-state index contributed by atoms with van der Waals surface area (Å²) in [6.45, 7) is 6.34. The largest absolute Gasteiger partial charge is 0.489 e. The van der Waals surface area contributed by atoms with Crippen molar-refractivity contribution in [3.05, 3.63) is 36.9 Å². The Labute approximate surface area is 143 Å². The molecular formula is C17H24N2O4S. The lowest BCUT2D eigenvalue weighted by atomic mass is 9.98. The van der Waals surface area contributed by atoms with Gasteiger partial charge in [-0.1, -0.05) is 18.7 Å². The van der Waals surface area contributed by atoms with Gasteiger partial charge in [-0.25, -0.2) is 12.7 Å². The highest BCUT2D eigenvalue weighted by Gasteiger charge is 2.31. The summed E-state index contributed by atoms with van der Waals surface area (Å²) in [5.41, 5.74) is 0.636. The molecule has 1 aliphatic rings. The minimum absolute atomic E-state index is 0.0596. The Kier molecular flexibility index (Phi) is 6.39. The maximum Gasteiger partial charge on any atom is 0.228 e. The molecule has 132 valence electrons. The van der Waals surface area contributed by atoms with Crippen molar-refractivity contribution in [2.24, 2.45) is 5.92 Å². The van der Waals surface area contributed by atoms with Crippen molar-refractivity contribution in [1.82, 2.24) is 4.31 Å². The minimum atomic E-state index is -3.25. The zero-order valence-electron chi connectivity index (χ0n) is 13.9. The molecule has 0 saturated carbocycles. The average Bonchev–Trinajstić information content (AvgIpc) is 2.60. The number of carbonyl (C=O) groups is 1. The van der Waals surface area contributed by atoms with E-state index in [1.807, 2.05) is 0 Å². The number of anilines is 1. The van der Waals surface area contributed by atoms with Crippen LogP contribution in [-0.2, 0) is 14.8 Å². The Balaban J connectivity index is 2.00. The molecule has 0 unspecified atom stereocenters. The first-order valence-electron chi connectivity index (χ1n) is 8.08. The van der Waals surface area contributed by atoms with E-state index in [0.717, 1.165) is 0 Å². The maximum absolute atomic E-state index is 12.5. The number of nitrogens with zero attached hydrogens (tertiary/aromatic N) is 1. The van der Waals surface area contributed by atoms with Crippen LogP contribution in [0.5, 0.6) is 5.75 Å². The van der Waals surface area contributed by atoms with E-state index in [-0.39, 0.29) is 24.1 Å². The first kappa shape index (κ1) is 18.5. The van der Waals surface area contributed by atoms with Gasteiger partial charge in [0.1, 0.15) is 12.4 Å². The van der Waals surface area contributed by atoms with E-state index in [2.05, 4.69) is 11.9 Å². The molecular weight excluding hydrogens is 328 g/mol. The highest BCUT2D eigenvalue weighted by atomic mass is 32.2. The topological polar surface area (TPSA) is 75.7 Å². The Bertz CT molecular complexity index is 688. The van der Waals surface area contributed by atoms with Crippen molar-refractivity contribution in [2.75, 3.05) is 30.8 Å². The first-order valence-corrected chi connectivity index (χ1v) is 9.69. The van der Waals surface area contributed by atoms with Crippen molar-refractivity contribution in [2.45, 2.75) is 19.8 Å². The van der Waals surface area contributed by atoms with Gasteiger partial charge in [-0.3, -0.25) is 4.79 Å². The van der Waals surface area contributed by atoms with Crippen molar-refractivity contribution in [3.63, 3.8) is 0 Å². The summed E-state index contributed by atoms with van der Waals surface area (Å²) in [4.78, 5) is 12.5. The molecule has 1 fully saturated rings. The fraction of sp³-hybridized carbons (Fsp3) is 0.471. The molecule has 1 saturated heterocycles. The Morgan fingerprint density at radius 1 is 1.50 bits per heavy atom. The van der Waals surface area contributed by atoms with E-state index in [1.54, 1.807) is 37.3 Å². The third-order valence-corrected chi connectivity index (χ3v) is 5.83. The Hall–Kier alpha value is -1.86. The highest BCUT2D eigenvalue weighted by molar-refractivity contribution is 7.89. The second-order valence-corrected chi connectivity index (χ2v) is 7.97. The van der Waals surface area contributed by atoms with Gasteiger partial charge >= 0.3 is 0 Å². The number of benzene rings is 1. The van der Waals surface area contributed by atoms with E-state index in [0.29, 0.717) is 37.4 Å². The summed E-state index contributed by atoms with van der Waals surface area (Å²) in [7, 11) is -3.25. The minimum Gasteiger partial charge on any atom is -0.489 e. The Morgan fingerprint density at radius 3 is 3.00 bits per heavy atom. The summed E-state index contributed by atoms with van der Waals surface area (Å²) in [6.07, 6.45) is 3.03. The third kappa shape index (κ3) is 4.82. The third-order valence-electron chi connectivity index (χ3n) is 3.98. The van der Waals surface area contributed by atoms with E-state index in [4.69, 9.17) is 4.74 Å². The highest BCUT2D eigenvalue weighted by Crippen LogP contribution is 2.23. The van der Waals surface area contributed by atoms with E-state index >= 15 is 0 Å². The van der Waals surface area contributed by atoms with Crippen LogP contribution in [0.25, 0.3) is 0 Å². The standard InChI is InChI=1S/C17H24N2O4S/c1-3-11-23-16-9-5-8-15(12-16)18-17(20)14-7-6-10-19(13-14)24(21,22)4-2/h3,5,8-9,12,14H,1,4,6-7,10-11,13H2,2H3,(H,18,20)/t14-/m1/s1. The molecule has 0 bridgehead atoms. The molecule has 1 N–H and O–H groups in total. The second-order valence-electron chi connectivity index (χ2n) is 5.71. The van der Waals surface area contributed by atoms with Crippen molar-refractivity contribution in [3.8, 4) is 5.75 Å². The molecule has 7 heteroatoms. The van der Waals surface area contributed by atoms with Crippen LogP contribution >= 0.6 is 0 Å². The van der Waals surface area contributed by atoms with Gasteiger partial charge < -0.3 is 10.1 Å². The lowest BCUT2D eigenvalue weighted by Gasteiger charge is -2.30. The number of piperidine rings is 1. The smallest absolute Gasteiger partial charge is 0.228 e. The van der Waals surface area contributed by atoms with Crippen LogP contribution in [0.3, 0.4) is 0 Å². The summed E-state index contributed by atoms with van der Waals surface area (Å²) in [5.74, 6) is 0.209. The summed E-state index contributed by atoms with van der Waals surface area (Å²) >= 11 is 0. The summed E-state index contributed by atoms with van der Waals surface area (Å²) in [5, 5.41) is 2.85. The Morgan fingerprint density at radius 2 is 2.29 bits per heavy atom. The molecule has 0 radical (unpaired) electrons. The lowest BCUT2D eigenvalue weighted by molar-refractivity contribution is -0.120. The molecule has 1 aromatic carbocycles. The molecule has 1 atom stereocenters. The molecule has 1 aromatic rings. The summed E-state index contributed by atoms with van der Waals surface area (Å²) in [6, 6.07) is 7.12. The fourth-order valence-electron chi connectivity index (χ4n) is 2.65. The number of amides is 1. The number of nitrogens with one attached hydrogen (secondary N) is 1. The predicted octanol–water partition coefficient (Wildman–Crippen LogP) is 2.25. The van der Waals surface area contributed by atoms with Gasteiger partial charge in [0, 0.05) is 24.8 Å². The molecule has 1 aliphatic heterocycles. The maximum atomic E-state index is 12.5. The molecule has 6 nitrogen and oxygen atoms in total. The van der Waals surface area contributed by atoms with Crippen LogP contribution in [0.1, 0.15) is 19.8 Å². The van der Waals surface area contributed by atoms with Crippen LogP contribution in [0, 0.1) is 5.92 Å². The van der Waals surface area contributed by atoms with Gasteiger partial charge in [0.05, 0.1) is 11.7 Å². The second kappa shape index (κ2) is 8.30. The number of hydrogen-bond acceptors (Lipinski definition) is 4. The van der Waals surface area contributed by atoms with Crippen molar-refractivity contribution >= 4 is 21.6 Å². The normalized spacial score (nSPS) is 18.8. The SMILES string of the molecule is C=CCOc1cccc(NC(=O)[C@@H]2CCCN(S(=O)(=O)CC)C2)c1. The van der Waals surface area contributed by atoms with Crippen LogP contribution in [0.15, 0.2) is 36.9 Å². The number of rotatable bonds is 7. The van der Waals surface area contributed by atoms with Gasteiger partial charge in [0.25, 0.3) is 0 Å². The lowest BCUT2D eigenvalue weighted by Crippen LogP contribution is -2.44. The van der Waals surface area contributed by atoms with Gasteiger partial charge in [-0.15, -0.1) is 0 Å². The fourth-order valence-corrected chi connectivity index (χ4v) is 3.83. The van der Waals surface area contributed by atoms with Crippen molar-refractivity contribution < 1.29 is 17.9 Å². The van der Waals surface area contributed by atoms with Gasteiger partial charge in [0.2, 0.25) is 15.9 Å².